The molecule has 4 aromatic heterocycles. The van der Waals surface area contributed by atoms with E-state index < -0.39 is 11.9 Å². The van der Waals surface area contributed by atoms with Crippen LogP contribution in [0, 0.1) is 0 Å². The number of aromatic amines is 1. The third-order valence-electron chi connectivity index (χ3n) is 6.96. The van der Waals surface area contributed by atoms with Crippen LogP contribution in [0.2, 0.25) is 0 Å². The molecule has 0 aromatic carbocycles. The number of rotatable bonds is 4. The molecule has 176 valence electrons. The summed E-state index contributed by atoms with van der Waals surface area (Å²) in [6.07, 6.45) is 3.87. The summed E-state index contributed by atoms with van der Waals surface area (Å²) >= 11 is 0. The van der Waals surface area contributed by atoms with Gasteiger partial charge in [-0.05, 0) is 56.5 Å². The van der Waals surface area contributed by atoms with Crippen molar-refractivity contribution in [3.8, 4) is 11.4 Å². The Hall–Kier alpha value is -3.27. The van der Waals surface area contributed by atoms with Gasteiger partial charge in [0.1, 0.15) is 17.2 Å². The maximum atomic E-state index is 13.4. The van der Waals surface area contributed by atoms with E-state index in [2.05, 4.69) is 31.8 Å². The van der Waals surface area contributed by atoms with E-state index in [4.69, 9.17) is 9.97 Å². The molecule has 0 radical (unpaired) electrons. The lowest BCUT2D eigenvalue weighted by Gasteiger charge is -2.27. The Bertz CT molecular complexity index is 1390. The van der Waals surface area contributed by atoms with Crippen molar-refractivity contribution in [3.05, 3.63) is 42.0 Å². The molecule has 1 aliphatic carbocycles. The Morgan fingerprint density at radius 3 is 2.68 bits per heavy atom. The summed E-state index contributed by atoms with van der Waals surface area (Å²) in [7, 11) is 4.15. The molecular weight excluding hydrogens is 443 g/mol. The number of fused-ring (bicyclic) bond motifs is 2. The Labute approximate surface area is 194 Å². The van der Waals surface area contributed by atoms with Gasteiger partial charge in [-0.2, -0.15) is 13.2 Å². The highest BCUT2D eigenvalue weighted by Gasteiger charge is 2.34. The third-order valence-corrected chi connectivity index (χ3v) is 6.96. The van der Waals surface area contributed by atoms with Crippen LogP contribution in [-0.2, 0) is 6.18 Å². The SMILES string of the molecule is CN1CCC(N(C)c2nc(-c3ccnc4[nH]c(C(F)(F)F)cc34)nc3cncc(C4CC4)c23)C1. The minimum absolute atomic E-state index is 0.158. The van der Waals surface area contributed by atoms with Crippen molar-refractivity contribution in [2.45, 2.75) is 37.4 Å². The molecule has 2 fully saturated rings. The lowest BCUT2D eigenvalue weighted by atomic mass is 10.1. The number of nitrogens with one attached hydrogen (secondary N) is 1. The molecule has 2 aliphatic rings. The van der Waals surface area contributed by atoms with E-state index in [0.29, 0.717) is 28.2 Å². The van der Waals surface area contributed by atoms with Crippen LogP contribution in [0.1, 0.15) is 36.4 Å². The predicted octanol–water partition coefficient (Wildman–Crippen LogP) is 4.60. The van der Waals surface area contributed by atoms with Crippen LogP contribution in [-0.4, -0.2) is 63.0 Å². The number of hydrogen-bond acceptors (Lipinski definition) is 6. The summed E-state index contributed by atoms with van der Waals surface area (Å²) in [5.74, 6) is 1.63. The Balaban J connectivity index is 1.56. The molecule has 0 amide bonds. The van der Waals surface area contributed by atoms with Gasteiger partial charge in [-0.25, -0.2) is 15.0 Å². The number of hydrogen-bond donors (Lipinski definition) is 1. The fraction of sp³-hybridized carbons (Fsp3) is 0.417. The fourth-order valence-corrected chi connectivity index (χ4v) is 4.94. The highest BCUT2D eigenvalue weighted by atomic mass is 19.4. The van der Waals surface area contributed by atoms with E-state index in [1.165, 1.54) is 6.20 Å². The lowest BCUT2D eigenvalue weighted by Crippen LogP contribution is -2.34. The number of H-pyrrole nitrogens is 1. The highest BCUT2D eigenvalue weighted by Crippen LogP contribution is 2.45. The van der Waals surface area contributed by atoms with Crippen LogP contribution in [0.5, 0.6) is 0 Å². The summed E-state index contributed by atoms with van der Waals surface area (Å²) in [6.45, 7) is 1.93. The predicted molar refractivity (Wildman–Crippen MR) is 124 cm³/mol. The first-order chi connectivity index (χ1) is 16.3. The lowest BCUT2D eigenvalue weighted by molar-refractivity contribution is -0.140. The van der Waals surface area contributed by atoms with Crippen LogP contribution >= 0.6 is 0 Å². The molecule has 6 rings (SSSR count). The van der Waals surface area contributed by atoms with Gasteiger partial charge < -0.3 is 14.8 Å². The van der Waals surface area contributed by atoms with Crippen molar-refractivity contribution >= 4 is 27.8 Å². The van der Waals surface area contributed by atoms with Gasteiger partial charge in [0, 0.05) is 48.4 Å². The number of pyridine rings is 2. The van der Waals surface area contributed by atoms with Crippen molar-refractivity contribution < 1.29 is 13.2 Å². The van der Waals surface area contributed by atoms with Gasteiger partial charge in [0.25, 0.3) is 0 Å². The Morgan fingerprint density at radius 1 is 1.15 bits per heavy atom. The molecule has 10 heteroatoms. The van der Waals surface area contributed by atoms with Crippen molar-refractivity contribution in [2.75, 3.05) is 32.1 Å². The second-order valence-corrected chi connectivity index (χ2v) is 9.39. The van der Waals surface area contributed by atoms with Crippen molar-refractivity contribution in [1.82, 2.24) is 29.8 Å². The number of alkyl halides is 3. The first-order valence-corrected chi connectivity index (χ1v) is 11.4. The topological polar surface area (TPSA) is 73.8 Å². The van der Waals surface area contributed by atoms with Gasteiger partial charge in [0.2, 0.25) is 0 Å². The van der Waals surface area contributed by atoms with Crippen LogP contribution in [0.3, 0.4) is 0 Å². The summed E-state index contributed by atoms with van der Waals surface area (Å²) in [5.41, 5.74) is 1.68. The van der Waals surface area contributed by atoms with Crippen molar-refractivity contribution in [2.24, 2.45) is 0 Å². The highest BCUT2D eigenvalue weighted by molar-refractivity contribution is 5.97. The van der Waals surface area contributed by atoms with E-state index >= 15 is 0 Å². The van der Waals surface area contributed by atoms with Gasteiger partial charge in [-0.15, -0.1) is 0 Å². The maximum Gasteiger partial charge on any atom is 0.431 e. The molecule has 1 unspecified atom stereocenters. The number of aromatic nitrogens is 5. The first-order valence-electron chi connectivity index (χ1n) is 11.4. The van der Waals surface area contributed by atoms with Crippen molar-refractivity contribution in [1.29, 1.82) is 0 Å². The van der Waals surface area contributed by atoms with Crippen LogP contribution < -0.4 is 4.90 Å². The van der Waals surface area contributed by atoms with Gasteiger partial charge in [-0.3, -0.25) is 4.98 Å². The van der Waals surface area contributed by atoms with Crippen LogP contribution in [0.25, 0.3) is 33.3 Å². The molecule has 0 spiro atoms. The molecule has 4 aromatic rings. The van der Waals surface area contributed by atoms with Gasteiger partial charge >= 0.3 is 6.18 Å². The summed E-state index contributed by atoms with van der Waals surface area (Å²) in [4.78, 5) is 25.2. The van der Waals surface area contributed by atoms with Crippen LogP contribution in [0.4, 0.5) is 19.0 Å². The summed E-state index contributed by atoms with van der Waals surface area (Å²) in [5, 5.41) is 1.34. The molecule has 1 saturated carbocycles. The second-order valence-electron chi connectivity index (χ2n) is 9.39. The Morgan fingerprint density at radius 2 is 1.97 bits per heavy atom. The smallest absolute Gasteiger partial charge is 0.355 e. The number of likely N-dealkylation sites (N-methyl/N-ethyl adjacent to an activating group) is 2. The normalized spacial score (nSPS) is 19.4. The largest absolute Gasteiger partial charge is 0.431 e. The third kappa shape index (κ3) is 3.56. The van der Waals surface area contributed by atoms with E-state index in [1.807, 2.05) is 13.2 Å². The van der Waals surface area contributed by atoms with Gasteiger partial charge in [0.15, 0.2) is 5.82 Å². The average Bonchev–Trinajstić information content (AvgIpc) is 3.40. The monoisotopic (exact) mass is 467 g/mol. The molecular formula is C24H24F3N7. The number of nitrogens with zero attached hydrogens (tertiary/aromatic N) is 6. The molecule has 1 aliphatic heterocycles. The quantitative estimate of drug-likeness (QED) is 0.473. The zero-order valence-corrected chi connectivity index (χ0v) is 18.9. The van der Waals surface area contributed by atoms with E-state index in [9.17, 15) is 13.2 Å². The molecule has 1 saturated heterocycles. The van der Waals surface area contributed by atoms with Crippen LogP contribution in [0.15, 0.2) is 30.7 Å². The summed E-state index contributed by atoms with van der Waals surface area (Å²) in [6, 6.07) is 3.04. The van der Waals surface area contributed by atoms with E-state index in [1.54, 1.807) is 12.3 Å². The number of halogens is 3. The standard InChI is InChI=1S/C24H24F3N7/c1-33-8-6-14(12-33)34(2)23-20-17(13-3-4-13)10-28-11-18(20)30-22(32-23)15-5-7-29-21-16(15)9-19(31-21)24(25,26)27/h5,7,9-11,13-14H,3-4,6,8,12H2,1-2H3,(H,29,31). The number of likely N-dealkylation sites (tertiary alicyclic amines) is 1. The zero-order chi connectivity index (χ0) is 23.6. The fourth-order valence-electron chi connectivity index (χ4n) is 4.94. The average molecular weight is 467 g/mol. The molecule has 5 heterocycles. The molecule has 1 atom stereocenters. The number of anilines is 1. The molecule has 34 heavy (non-hydrogen) atoms. The van der Waals surface area contributed by atoms with E-state index in [0.717, 1.165) is 55.2 Å². The summed E-state index contributed by atoms with van der Waals surface area (Å²) < 4.78 is 40.1. The molecule has 0 bridgehead atoms. The van der Waals surface area contributed by atoms with Gasteiger partial charge in [-0.1, -0.05) is 0 Å². The minimum atomic E-state index is -4.49. The first kappa shape index (κ1) is 21.3. The second kappa shape index (κ2) is 7.63. The van der Waals surface area contributed by atoms with Gasteiger partial charge in [0.05, 0.1) is 11.7 Å². The van der Waals surface area contributed by atoms with Crippen molar-refractivity contribution in [3.63, 3.8) is 0 Å². The zero-order valence-electron chi connectivity index (χ0n) is 18.9. The maximum absolute atomic E-state index is 13.4. The van der Waals surface area contributed by atoms with E-state index in [-0.39, 0.29) is 11.7 Å². The molecule has 7 nitrogen and oxygen atoms in total. The Kier molecular flexibility index (Phi) is 4.77. The molecule has 1 N–H and O–H groups in total. The minimum Gasteiger partial charge on any atom is -0.355 e.